The number of nitriles is 1. The molecule has 0 spiro atoms. The first-order chi connectivity index (χ1) is 29.7. The molecule has 0 fully saturated rings. The van der Waals surface area contributed by atoms with Crippen LogP contribution in [0.4, 0.5) is 5.69 Å². The first kappa shape index (κ1) is 34.6. The second kappa shape index (κ2) is 14.1. The number of para-hydroxylation sites is 2. The van der Waals surface area contributed by atoms with E-state index in [1.165, 1.54) is 0 Å². The number of hydrogen-bond donors (Lipinski definition) is 0. The molecule has 11 aromatic rings. The summed E-state index contributed by atoms with van der Waals surface area (Å²) < 4.78 is 4.48. The van der Waals surface area contributed by atoms with Crippen molar-refractivity contribution in [3.8, 4) is 62.7 Å². The Morgan fingerprint density at radius 3 is 1.77 bits per heavy atom. The lowest BCUT2D eigenvalue weighted by Crippen LogP contribution is -2.04. The SMILES string of the molecule is [C-]#[N+]c1ccc2c3ccc(C#N)cc3n(-c3ccc(-c4cccc5c4c4ccccc4n5-c4ccccc4)cc3-c3nc(-c4ccccc4)nc(-c4ccccc4)n3)c2c1. The largest absolute Gasteiger partial charge is 0.310 e. The molecule has 0 saturated heterocycles. The first-order valence-electron chi connectivity index (χ1n) is 19.6. The second-order valence-corrected chi connectivity index (χ2v) is 14.7. The van der Waals surface area contributed by atoms with Gasteiger partial charge in [0.2, 0.25) is 0 Å². The van der Waals surface area contributed by atoms with Gasteiger partial charge in [-0.05, 0) is 65.7 Å². The molecule has 7 heteroatoms. The average Bonchev–Trinajstić information content (AvgIpc) is 3.84. The summed E-state index contributed by atoms with van der Waals surface area (Å²) in [5, 5.41) is 14.3. The zero-order chi connectivity index (χ0) is 40.2. The molecule has 11 rings (SSSR count). The Morgan fingerprint density at radius 1 is 0.450 bits per heavy atom. The van der Waals surface area contributed by atoms with Gasteiger partial charge in [0.15, 0.2) is 23.2 Å². The predicted octanol–water partition coefficient (Wildman–Crippen LogP) is 13.2. The summed E-state index contributed by atoms with van der Waals surface area (Å²) in [6.45, 7) is 7.93. The van der Waals surface area contributed by atoms with Crippen LogP contribution in [0.25, 0.3) is 105 Å². The molecule has 0 saturated carbocycles. The van der Waals surface area contributed by atoms with E-state index in [0.717, 1.165) is 82.8 Å². The molecule has 0 unspecified atom stereocenters. The fourth-order valence-electron chi connectivity index (χ4n) is 8.53. The minimum absolute atomic E-state index is 0.492. The van der Waals surface area contributed by atoms with Gasteiger partial charge in [0, 0.05) is 49.4 Å². The third-order valence-corrected chi connectivity index (χ3v) is 11.2. The highest BCUT2D eigenvalue weighted by Gasteiger charge is 2.23. The fourth-order valence-corrected chi connectivity index (χ4v) is 8.53. The van der Waals surface area contributed by atoms with Crippen molar-refractivity contribution in [2.24, 2.45) is 0 Å². The monoisotopic (exact) mass is 765 g/mol. The zero-order valence-corrected chi connectivity index (χ0v) is 32.0. The summed E-state index contributed by atoms with van der Waals surface area (Å²) in [6.07, 6.45) is 0. The summed E-state index contributed by atoms with van der Waals surface area (Å²) in [4.78, 5) is 19.3. The lowest BCUT2D eigenvalue weighted by Gasteiger charge is -2.17. The number of fused-ring (bicyclic) bond motifs is 6. The summed E-state index contributed by atoms with van der Waals surface area (Å²) >= 11 is 0. The zero-order valence-electron chi connectivity index (χ0n) is 32.0. The van der Waals surface area contributed by atoms with Crippen LogP contribution < -0.4 is 0 Å². The van der Waals surface area contributed by atoms with E-state index in [9.17, 15) is 5.26 Å². The molecule has 0 atom stereocenters. The van der Waals surface area contributed by atoms with Crippen LogP contribution in [-0.2, 0) is 0 Å². The normalized spacial score (nSPS) is 11.3. The van der Waals surface area contributed by atoms with Crippen molar-refractivity contribution in [1.82, 2.24) is 24.1 Å². The molecule has 7 nitrogen and oxygen atoms in total. The Kier molecular flexibility index (Phi) is 8.11. The van der Waals surface area contributed by atoms with Gasteiger partial charge in [-0.3, -0.25) is 0 Å². The maximum absolute atomic E-state index is 10.1. The van der Waals surface area contributed by atoms with Crippen LogP contribution in [0.1, 0.15) is 5.56 Å². The summed E-state index contributed by atoms with van der Waals surface area (Å²) in [5.74, 6) is 1.59. The van der Waals surface area contributed by atoms with Gasteiger partial charge in [-0.2, -0.15) is 5.26 Å². The maximum atomic E-state index is 10.1. The van der Waals surface area contributed by atoms with Gasteiger partial charge in [-0.15, -0.1) is 0 Å². The van der Waals surface area contributed by atoms with Crippen LogP contribution in [0.5, 0.6) is 0 Å². The van der Waals surface area contributed by atoms with E-state index in [2.05, 4.69) is 105 Å². The molecule has 0 aliphatic carbocycles. The van der Waals surface area contributed by atoms with Crippen molar-refractivity contribution in [3.63, 3.8) is 0 Å². The lowest BCUT2D eigenvalue weighted by molar-refractivity contribution is 1.06. The number of aromatic nitrogens is 5. The smallest absolute Gasteiger partial charge is 0.189 e. The highest BCUT2D eigenvalue weighted by atomic mass is 15.1. The molecule has 60 heavy (non-hydrogen) atoms. The minimum atomic E-state index is 0.492. The van der Waals surface area contributed by atoms with E-state index in [0.29, 0.717) is 28.7 Å². The summed E-state index contributed by atoms with van der Waals surface area (Å²) in [7, 11) is 0. The molecule has 0 aliphatic heterocycles. The third-order valence-electron chi connectivity index (χ3n) is 11.2. The van der Waals surface area contributed by atoms with Crippen LogP contribution in [0.3, 0.4) is 0 Å². The molecule has 0 N–H and O–H groups in total. The van der Waals surface area contributed by atoms with Gasteiger partial charge < -0.3 is 9.13 Å². The van der Waals surface area contributed by atoms with Crippen LogP contribution in [0.15, 0.2) is 188 Å². The maximum Gasteiger partial charge on any atom is 0.189 e. The van der Waals surface area contributed by atoms with Crippen LogP contribution in [0, 0.1) is 17.9 Å². The van der Waals surface area contributed by atoms with Gasteiger partial charge in [0.25, 0.3) is 0 Å². The minimum Gasteiger partial charge on any atom is -0.310 e. The van der Waals surface area contributed by atoms with Crippen molar-refractivity contribution in [2.45, 2.75) is 0 Å². The number of hydrogen-bond acceptors (Lipinski definition) is 4. The molecule has 8 aromatic carbocycles. The quantitative estimate of drug-likeness (QED) is 0.158. The second-order valence-electron chi connectivity index (χ2n) is 14.7. The first-order valence-corrected chi connectivity index (χ1v) is 19.6. The van der Waals surface area contributed by atoms with Gasteiger partial charge >= 0.3 is 0 Å². The lowest BCUT2D eigenvalue weighted by atomic mass is 9.96. The number of rotatable bonds is 6. The number of benzene rings is 8. The van der Waals surface area contributed by atoms with Gasteiger partial charge in [-0.25, -0.2) is 19.8 Å². The van der Waals surface area contributed by atoms with Crippen molar-refractivity contribution in [2.75, 3.05) is 0 Å². The van der Waals surface area contributed by atoms with E-state index >= 15 is 0 Å². The van der Waals surface area contributed by atoms with Crippen LogP contribution in [-0.4, -0.2) is 24.1 Å². The molecule has 278 valence electrons. The van der Waals surface area contributed by atoms with E-state index in [-0.39, 0.29) is 0 Å². The average molecular weight is 766 g/mol. The molecular weight excluding hydrogens is 735 g/mol. The molecule has 0 bridgehead atoms. The molecule has 3 heterocycles. The predicted molar refractivity (Wildman–Crippen MR) is 241 cm³/mol. The number of nitrogens with zero attached hydrogens (tertiary/aromatic N) is 7. The molecule has 0 aliphatic rings. The van der Waals surface area contributed by atoms with Crippen molar-refractivity contribution in [3.05, 3.63) is 205 Å². The molecule has 0 radical (unpaired) electrons. The molecule has 0 amide bonds. The Labute approximate surface area is 345 Å². The highest BCUT2D eigenvalue weighted by molar-refractivity contribution is 6.16. The van der Waals surface area contributed by atoms with Gasteiger partial charge in [0.1, 0.15) is 0 Å². The molecular formula is C53H31N7. The van der Waals surface area contributed by atoms with E-state index in [1.807, 2.05) is 103 Å². The van der Waals surface area contributed by atoms with Gasteiger partial charge in [-0.1, -0.05) is 133 Å². The highest BCUT2D eigenvalue weighted by Crippen LogP contribution is 2.43. The van der Waals surface area contributed by atoms with E-state index in [4.69, 9.17) is 21.5 Å². The van der Waals surface area contributed by atoms with E-state index in [1.54, 1.807) is 0 Å². The summed E-state index contributed by atoms with van der Waals surface area (Å²) in [6, 6.07) is 65.8. The Morgan fingerprint density at radius 2 is 1.07 bits per heavy atom. The fraction of sp³-hybridized carbons (Fsp3) is 0. The topological polar surface area (TPSA) is 76.7 Å². The Balaban J connectivity index is 1.25. The van der Waals surface area contributed by atoms with Gasteiger partial charge in [0.05, 0.1) is 40.4 Å². The van der Waals surface area contributed by atoms with E-state index < -0.39 is 0 Å². The standard InChI is InChI=1S/C53H31N7/c1-55-38-26-28-42-41-27-24-34(33-54)30-48(41)60(49(42)32-38)46-29-25-37(40-21-13-23-47-50(40)43-20-11-12-22-45(43)59(47)39-18-9-4-10-19-39)31-44(46)53-57-51(35-14-5-2-6-15-35)56-52(58-53)36-16-7-3-8-17-36/h2-32H. The van der Waals surface area contributed by atoms with Crippen molar-refractivity contribution >= 4 is 49.3 Å². The van der Waals surface area contributed by atoms with Crippen LogP contribution >= 0.6 is 0 Å². The Hall–Kier alpha value is -8.65. The summed E-state index contributed by atoms with van der Waals surface area (Å²) in [5.41, 5.74) is 11.4. The van der Waals surface area contributed by atoms with Crippen LogP contribution in [0.2, 0.25) is 0 Å². The van der Waals surface area contributed by atoms with Crippen molar-refractivity contribution < 1.29 is 0 Å². The van der Waals surface area contributed by atoms with Crippen molar-refractivity contribution in [1.29, 1.82) is 5.26 Å². The molecule has 3 aromatic heterocycles. The Bertz CT molecular complexity index is 3430. The third kappa shape index (κ3) is 5.61.